The van der Waals surface area contributed by atoms with Crippen molar-refractivity contribution in [1.29, 1.82) is 0 Å². The number of carbonyl (C=O) groups excluding carboxylic acids is 1. The van der Waals surface area contributed by atoms with Crippen LogP contribution in [0.3, 0.4) is 0 Å². The summed E-state index contributed by atoms with van der Waals surface area (Å²) in [5.41, 5.74) is 5.06. The van der Waals surface area contributed by atoms with E-state index < -0.39 is 5.41 Å². The lowest BCUT2D eigenvalue weighted by Gasteiger charge is -2.32. The molecule has 84 valence electrons. The Morgan fingerprint density at radius 2 is 1.71 bits per heavy atom. The Balaban J connectivity index is 4.48. The highest BCUT2D eigenvalue weighted by atomic mass is 16.2. The summed E-state index contributed by atoms with van der Waals surface area (Å²) in [4.78, 5) is 11.9. The Labute approximate surface area is 87.4 Å². The van der Waals surface area contributed by atoms with Crippen molar-refractivity contribution in [2.75, 3.05) is 6.54 Å². The molecular formula is C11H24N2O. The minimum absolute atomic E-state index is 0.0642. The maximum Gasteiger partial charge on any atom is 0.227 e. The molecule has 0 aromatic carbocycles. The molecule has 3 N–H and O–H groups in total. The van der Waals surface area contributed by atoms with Crippen LogP contribution in [0.25, 0.3) is 0 Å². The van der Waals surface area contributed by atoms with Crippen molar-refractivity contribution in [3.05, 3.63) is 0 Å². The standard InChI is InChI=1S/C11H24N2O/c1-6-10(3,4)13-9(14)11(5,7-2)8-12/h6-8,12H2,1-5H3,(H,13,14). The quantitative estimate of drug-likeness (QED) is 0.709. The maximum absolute atomic E-state index is 11.9. The van der Waals surface area contributed by atoms with E-state index in [1.807, 2.05) is 27.7 Å². The van der Waals surface area contributed by atoms with Gasteiger partial charge in [-0.1, -0.05) is 13.8 Å². The third-order valence-electron chi connectivity index (χ3n) is 3.11. The summed E-state index contributed by atoms with van der Waals surface area (Å²) >= 11 is 0. The fraction of sp³-hybridized carbons (Fsp3) is 0.909. The summed E-state index contributed by atoms with van der Waals surface area (Å²) in [5, 5.41) is 3.03. The SMILES string of the molecule is CCC(C)(C)NC(=O)C(C)(CC)CN. The van der Waals surface area contributed by atoms with Gasteiger partial charge in [0.25, 0.3) is 0 Å². The second kappa shape index (κ2) is 4.78. The Hall–Kier alpha value is -0.570. The predicted molar refractivity (Wildman–Crippen MR) is 60.0 cm³/mol. The van der Waals surface area contributed by atoms with E-state index in [1.54, 1.807) is 0 Å². The number of amides is 1. The molecule has 3 nitrogen and oxygen atoms in total. The van der Waals surface area contributed by atoms with E-state index in [2.05, 4.69) is 12.2 Å². The molecule has 0 fully saturated rings. The first kappa shape index (κ1) is 13.4. The molecule has 0 saturated heterocycles. The van der Waals surface area contributed by atoms with E-state index >= 15 is 0 Å². The molecule has 0 bridgehead atoms. The first-order chi connectivity index (χ1) is 6.31. The highest BCUT2D eigenvalue weighted by Gasteiger charge is 2.32. The molecule has 0 aromatic heterocycles. The zero-order valence-corrected chi connectivity index (χ0v) is 10.1. The summed E-state index contributed by atoms with van der Waals surface area (Å²) in [5.74, 6) is 0.0642. The smallest absolute Gasteiger partial charge is 0.227 e. The van der Waals surface area contributed by atoms with E-state index in [4.69, 9.17) is 5.73 Å². The van der Waals surface area contributed by atoms with Gasteiger partial charge in [-0.15, -0.1) is 0 Å². The molecule has 0 aliphatic rings. The van der Waals surface area contributed by atoms with Gasteiger partial charge in [-0.05, 0) is 33.6 Å². The van der Waals surface area contributed by atoms with Crippen molar-refractivity contribution in [2.24, 2.45) is 11.1 Å². The summed E-state index contributed by atoms with van der Waals surface area (Å²) in [6.07, 6.45) is 1.69. The second-order valence-electron chi connectivity index (χ2n) is 4.81. The molecule has 1 atom stereocenters. The van der Waals surface area contributed by atoms with E-state index in [0.29, 0.717) is 6.54 Å². The van der Waals surface area contributed by atoms with Gasteiger partial charge in [0.05, 0.1) is 5.41 Å². The number of hydrogen-bond donors (Lipinski definition) is 2. The molecule has 1 unspecified atom stereocenters. The van der Waals surface area contributed by atoms with Gasteiger partial charge in [-0.3, -0.25) is 4.79 Å². The minimum atomic E-state index is -0.424. The van der Waals surface area contributed by atoms with E-state index in [0.717, 1.165) is 12.8 Å². The Morgan fingerprint density at radius 3 is 2.00 bits per heavy atom. The van der Waals surface area contributed by atoms with Crippen LogP contribution in [0, 0.1) is 5.41 Å². The van der Waals surface area contributed by atoms with Crippen molar-refractivity contribution in [3.8, 4) is 0 Å². The summed E-state index contributed by atoms with van der Waals surface area (Å²) in [6.45, 7) is 10.4. The molecule has 0 aliphatic heterocycles. The molecule has 0 saturated carbocycles. The fourth-order valence-electron chi connectivity index (χ4n) is 0.944. The molecule has 3 heteroatoms. The fourth-order valence-corrected chi connectivity index (χ4v) is 0.944. The largest absolute Gasteiger partial charge is 0.351 e. The lowest BCUT2D eigenvalue weighted by molar-refractivity contribution is -0.131. The van der Waals surface area contributed by atoms with E-state index in [1.165, 1.54) is 0 Å². The van der Waals surface area contributed by atoms with Crippen LogP contribution >= 0.6 is 0 Å². The van der Waals surface area contributed by atoms with Gasteiger partial charge in [-0.25, -0.2) is 0 Å². The van der Waals surface area contributed by atoms with Crippen LogP contribution in [-0.2, 0) is 4.79 Å². The van der Waals surface area contributed by atoms with Gasteiger partial charge < -0.3 is 11.1 Å². The molecule has 0 aliphatic carbocycles. The lowest BCUT2D eigenvalue weighted by Crippen LogP contribution is -2.51. The van der Waals surface area contributed by atoms with Crippen molar-refractivity contribution in [3.63, 3.8) is 0 Å². The zero-order valence-electron chi connectivity index (χ0n) is 10.1. The number of hydrogen-bond acceptors (Lipinski definition) is 2. The first-order valence-electron chi connectivity index (χ1n) is 5.34. The van der Waals surface area contributed by atoms with Crippen molar-refractivity contribution < 1.29 is 4.79 Å². The van der Waals surface area contributed by atoms with Crippen molar-refractivity contribution >= 4 is 5.91 Å². The van der Waals surface area contributed by atoms with E-state index in [9.17, 15) is 4.79 Å². The van der Waals surface area contributed by atoms with Gasteiger partial charge in [0.1, 0.15) is 0 Å². The minimum Gasteiger partial charge on any atom is -0.351 e. The number of nitrogens with one attached hydrogen (secondary N) is 1. The average Bonchev–Trinajstić information content (AvgIpc) is 2.16. The number of nitrogens with two attached hydrogens (primary N) is 1. The van der Waals surface area contributed by atoms with Crippen molar-refractivity contribution in [1.82, 2.24) is 5.32 Å². The molecule has 14 heavy (non-hydrogen) atoms. The Morgan fingerprint density at radius 1 is 1.21 bits per heavy atom. The lowest BCUT2D eigenvalue weighted by atomic mass is 9.85. The monoisotopic (exact) mass is 200 g/mol. The molecule has 0 heterocycles. The Kier molecular flexibility index (Phi) is 4.59. The molecule has 0 rings (SSSR count). The molecule has 0 spiro atoms. The van der Waals surface area contributed by atoms with Gasteiger partial charge in [0.15, 0.2) is 0 Å². The van der Waals surface area contributed by atoms with Gasteiger partial charge in [0, 0.05) is 12.1 Å². The highest BCUT2D eigenvalue weighted by Crippen LogP contribution is 2.21. The molecule has 0 radical (unpaired) electrons. The molecule has 0 aromatic rings. The number of rotatable bonds is 5. The van der Waals surface area contributed by atoms with Crippen LogP contribution in [0.4, 0.5) is 0 Å². The number of carbonyl (C=O) groups is 1. The third kappa shape index (κ3) is 3.29. The third-order valence-corrected chi connectivity index (χ3v) is 3.11. The van der Waals surface area contributed by atoms with E-state index in [-0.39, 0.29) is 11.4 Å². The van der Waals surface area contributed by atoms with Crippen LogP contribution < -0.4 is 11.1 Å². The van der Waals surface area contributed by atoms with Gasteiger partial charge in [-0.2, -0.15) is 0 Å². The Bertz CT molecular complexity index is 195. The second-order valence-corrected chi connectivity index (χ2v) is 4.81. The van der Waals surface area contributed by atoms with Crippen LogP contribution in [0.2, 0.25) is 0 Å². The summed E-state index contributed by atoms with van der Waals surface area (Å²) < 4.78 is 0. The van der Waals surface area contributed by atoms with Crippen molar-refractivity contribution in [2.45, 2.75) is 53.0 Å². The normalized spacial score (nSPS) is 16.1. The zero-order chi connectivity index (χ0) is 11.4. The van der Waals surface area contributed by atoms with Crippen LogP contribution in [0.1, 0.15) is 47.5 Å². The van der Waals surface area contributed by atoms with Crippen LogP contribution in [0.15, 0.2) is 0 Å². The topological polar surface area (TPSA) is 55.1 Å². The highest BCUT2D eigenvalue weighted by molar-refractivity contribution is 5.83. The molecule has 1 amide bonds. The first-order valence-corrected chi connectivity index (χ1v) is 5.34. The maximum atomic E-state index is 11.9. The van der Waals surface area contributed by atoms with Gasteiger partial charge in [0.2, 0.25) is 5.91 Å². The summed E-state index contributed by atoms with van der Waals surface area (Å²) in [7, 11) is 0. The van der Waals surface area contributed by atoms with Crippen LogP contribution in [-0.4, -0.2) is 18.0 Å². The van der Waals surface area contributed by atoms with Crippen LogP contribution in [0.5, 0.6) is 0 Å². The molecular weight excluding hydrogens is 176 g/mol. The predicted octanol–water partition coefficient (Wildman–Crippen LogP) is 1.67. The summed E-state index contributed by atoms with van der Waals surface area (Å²) in [6, 6.07) is 0. The van der Waals surface area contributed by atoms with Gasteiger partial charge >= 0.3 is 0 Å². The average molecular weight is 200 g/mol.